The molecular formula is C6H8N2O5S. The first-order chi connectivity index (χ1) is 6.53. The van der Waals surface area contributed by atoms with Crippen LogP contribution in [0.15, 0.2) is 12.3 Å². The van der Waals surface area contributed by atoms with E-state index < -0.39 is 21.8 Å². The van der Waals surface area contributed by atoms with Gasteiger partial charge >= 0.3 is 16.1 Å². The Kier molecular flexibility index (Phi) is 3.07. The minimum Gasteiger partial charge on any atom is -0.468 e. The van der Waals surface area contributed by atoms with E-state index in [1.54, 1.807) is 0 Å². The quantitative estimate of drug-likeness (QED) is 0.531. The van der Waals surface area contributed by atoms with Gasteiger partial charge < -0.3 is 8.92 Å². The average Bonchev–Trinajstić information content (AvgIpc) is 2.54. The van der Waals surface area contributed by atoms with E-state index in [1.165, 1.54) is 12.3 Å². The van der Waals surface area contributed by atoms with Crippen LogP contribution in [0.1, 0.15) is 0 Å². The summed E-state index contributed by atoms with van der Waals surface area (Å²) in [7, 11) is -2.87. The lowest BCUT2D eigenvalue weighted by molar-refractivity contribution is -0.137. The van der Waals surface area contributed by atoms with Crippen LogP contribution in [0.4, 0.5) is 0 Å². The molecule has 78 valence electrons. The van der Waals surface area contributed by atoms with Gasteiger partial charge in [-0.2, -0.15) is 13.5 Å². The Hall–Kier alpha value is -1.57. The third-order valence-corrected chi connectivity index (χ3v) is 2.24. The van der Waals surface area contributed by atoms with E-state index in [9.17, 15) is 13.2 Å². The standard InChI is InChI=1S/C6H8N2O5S/c1-12-6(9)4-14(10,11)13-5-2-3-7-8-5/h2-3H,4H2,1H3,(H,7,8). The summed E-state index contributed by atoms with van der Waals surface area (Å²) in [6.07, 6.45) is 1.32. The van der Waals surface area contributed by atoms with E-state index >= 15 is 0 Å². The van der Waals surface area contributed by atoms with Gasteiger partial charge in [0.25, 0.3) is 0 Å². The van der Waals surface area contributed by atoms with Crippen LogP contribution >= 0.6 is 0 Å². The number of hydrogen-bond acceptors (Lipinski definition) is 6. The maximum Gasteiger partial charge on any atom is 0.324 e. The molecule has 0 fully saturated rings. The summed E-state index contributed by atoms with van der Waals surface area (Å²) in [5.74, 6) is -1.76. The molecule has 1 N–H and O–H groups in total. The van der Waals surface area contributed by atoms with Crippen molar-refractivity contribution in [3.05, 3.63) is 12.3 Å². The van der Waals surface area contributed by atoms with Crippen molar-refractivity contribution in [3.63, 3.8) is 0 Å². The zero-order chi connectivity index (χ0) is 10.6. The average molecular weight is 220 g/mol. The Bertz CT molecular complexity index is 396. The lowest BCUT2D eigenvalue weighted by Crippen LogP contribution is -2.21. The molecule has 1 heterocycles. The summed E-state index contributed by atoms with van der Waals surface area (Å²) in [6.45, 7) is 0. The van der Waals surface area contributed by atoms with Crippen molar-refractivity contribution in [2.45, 2.75) is 0 Å². The highest BCUT2D eigenvalue weighted by Gasteiger charge is 2.19. The highest BCUT2D eigenvalue weighted by Crippen LogP contribution is 2.06. The van der Waals surface area contributed by atoms with Crippen molar-refractivity contribution < 1.29 is 22.1 Å². The Balaban J connectivity index is 2.64. The fourth-order valence-electron chi connectivity index (χ4n) is 0.659. The number of H-pyrrole nitrogens is 1. The molecule has 0 amide bonds. The topological polar surface area (TPSA) is 98.3 Å². The van der Waals surface area contributed by atoms with Crippen LogP contribution in [-0.2, 0) is 19.6 Å². The van der Waals surface area contributed by atoms with Gasteiger partial charge in [0.05, 0.1) is 13.3 Å². The third-order valence-electron chi connectivity index (χ3n) is 1.21. The van der Waals surface area contributed by atoms with E-state index in [0.717, 1.165) is 7.11 Å². The number of ether oxygens (including phenoxy) is 1. The van der Waals surface area contributed by atoms with E-state index in [2.05, 4.69) is 19.1 Å². The molecule has 0 aliphatic carbocycles. The molecule has 0 unspecified atom stereocenters. The van der Waals surface area contributed by atoms with Gasteiger partial charge in [-0.05, 0) is 0 Å². The van der Waals surface area contributed by atoms with Gasteiger partial charge in [0.2, 0.25) is 5.88 Å². The zero-order valence-electron chi connectivity index (χ0n) is 7.26. The number of hydrogen-bond donors (Lipinski definition) is 1. The molecule has 0 atom stereocenters. The SMILES string of the molecule is COC(=O)CS(=O)(=O)Oc1ccn[nH]1. The number of nitrogens with zero attached hydrogens (tertiary/aromatic N) is 1. The van der Waals surface area contributed by atoms with E-state index in [-0.39, 0.29) is 5.88 Å². The summed E-state index contributed by atoms with van der Waals surface area (Å²) >= 11 is 0. The first-order valence-electron chi connectivity index (χ1n) is 3.52. The summed E-state index contributed by atoms with van der Waals surface area (Å²) < 4.78 is 30.8. The molecule has 1 aromatic rings. The molecule has 14 heavy (non-hydrogen) atoms. The monoisotopic (exact) mass is 220 g/mol. The van der Waals surface area contributed by atoms with Gasteiger partial charge in [-0.15, -0.1) is 0 Å². The maximum absolute atomic E-state index is 11.1. The molecule has 1 rings (SSSR count). The minimum atomic E-state index is -3.96. The molecule has 0 aromatic carbocycles. The summed E-state index contributed by atoms with van der Waals surface area (Å²) in [5, 5.41) is 5.76. The second-order valence-corrected chi connectivity index (χ2v) is 3.85. The molecule has 8 heteroatoms. The molecular weight excluding hydrogens is 212 g/mol. The second-order valence-electron chi connectivity index (χ2n) is 2.28. The van der Waals surface area contributed by atoms with Crippen LogP contribution in [0, 0.1) is 0 Å². The smallest absolute Gasteiger partial charge is 0.324 e. The minimum absolute atomic E-state index is 0.0473. The maximum atomic E-state index is 11.1. The predicted molar refractivity (Wildman–Crippen MR) is 45.0 cm³/mol. The molecule has 0 aliphatic rings. The fraction of sp³-hybridized carbons (Fsp3) is 0.333. The summed E-state index contributed by atoms with van der Waals surface area (Å²) in [6, 6.07) is 1.31. The van der Waals surface area contributed by atoms with Crippen LogP contribution in [0.25, 0.3) is 0 Å². The molecule has 0 saturated carbocycles. The van der Waals surface area contributed by atoms with Gasteiger partial charge in [0.1, 0.15) is 0 Å². The second kappa shape index (κ2) is 4.09. The van der Waals surface area contributed by atoms with Crippen LogP contribution < -0.4 is 4.18 Å². The number of aromatic nitrogens is 2. The Morgan fingerprint density at radius 2 is 2.36 bits per heavy atom. The Morgan fingerprint density at radius 1 is 1.64 bits per heavy atom. The molecule has 1 aromatic heterocycles. The van der Waals surface area contributed by atoms with E-state index in [1.807, 2.05) is 0 Å². The van der Waals surface area contributed by atoms with Crippen LogP contribution in [0.5, 0.6) is 5.88 Å². The van der Waals surface area contributed by atoms with Gasteiger partial charge in [-0.3, -0.25) is 4.79 Å². The highest BCUT2D eigenvalue weighted by molar-refractivity contribution is 7.87. The number of carbonyl (C=O) groups excluding carboxylic acids is 1. The normalized spacial score (nSPS) is 10.9. The van der Waals surface area contributed by atoms with Gasteiger partial charge in [-0.1, -0.05) is 0 Å². The van der Waals surface area contributed by atoms with E-state index in [4.69, 9.17) is 0 Å². The van der Waals surface area contributed by atoms with Crippen molar-refractivity contribution in [1.29, 1.82) is 0 Å². The predicted octanol–water partition coefficient (Wildman–Crippen LogP) is -0.709. The highest BCUT2D eigenvalue weighted by atomic mass is 32.2. The number of nitrogens with one attached hydrogen (secondary N) is 1. The van der Waals surface area contributed by atoms with Gasteiger partial charge in [0.15, 0.2) is 5.75 Å². The van der Waals surface area contributed by atoms with Gasteiger partial charge in [0, 0.05) is 6.07 Å². The lowest BCUT2D eigenvalue weighted by atomic mass is 10.7. The van der Waals surface area contributed by atoms with Crippen molar-refractivity contribution in [2.75, 3.05) is 12.9 Å². The number of methoxy groups -OCH3 is 1. The van der Waals surface area contributed by atoms with Crippen molar-refractivity contribution in [2.24, 2.45) is 0 Å². The first kappa shape index (κ1) is 10.5. The Morgan fingerprint density at radius 3 is 2.86 bits per heavy atom. The molecule has 0 radical (unpaired) electrons. The molecule has 7 nitrogen and oxygen atoms in total. The zero-order valence-corrected chi connectivity index (χ0v) is 8.08. The van der Waals surface area contributed by atoms with Crippen molar-refractivity contribution in [3.8, 4) is 5.88 Å². The summed E-state index contributed by atoms with van der Waals surface area (Å²) in [4.78, 5) is 10.6. The van der Waals surface area contributed by atoms with Crippen molar-refractivity contribution >= 4 is 16.1 Å². The number of carbonyl (C=O) groups is 1. The van der Waals surface area contributed by atoms with Crippen molar-refractivity contribution in [1.82, 2.24) is 10.2 Å². The molecule has 0 aliphatic heterocycles. The lowest BCUT2D eigenvalue weighted by Gasteiger charge is -2.02. The molecule has 0 saturated heterocycles. The number of rotatable bonds is 4. The van der Waals surface area contributed by atoms with E-state index in [0.29, 0.717) is 0 Å². The van der Waals surface area contributed by atoms with Crippen LogP contribution in [0.3, 0.4) is 0 Å². The Labute approximate surface area is 80.1 Å². The third kappa shape index (κ3) is 3.05. The molecule has 0 spiro atoms. The van der Waals surface area contributed by atoms with Crippen LogP contribution in [-0.4, -0.2) is 37.4 Å². The molecule has 0 bridgehead atoms. The fourth-order valence-corrected chi connectivity index (χ4v) is 1.49. The summed E-state index contributed by atoms with van der Waals surface area (Å²) in [5.41, 5.74) is 0. The first-order valence-corrected chi connectivity index (χ1v) is 5.09. The largest absolute Gasteiger partial charge is 0.468 e. The van der Waals surface area contributed by atoms with Gasteiger partial charge in [-0.25, -0.2) is 5.10 Å². The van der Waals surface area contributed by atoms with Crippen LogP contribution in [0.2, 0.25) is 0 Å². The number of aromatic amines is 1. The number of esters is 1.